The number of hydrogen-bond donors (Lipinski definition) is 1. The molecule has 0 radical (unpaired) electrons. The van der Waals surface area contributed by atoms with Crippen molar-refractivity contribution in [3.05, 3.63) is 69.6 Å². The van der Waals surface area contributed by atoms with Crippen LogP contribution in [0, 0.1) is 5.82 Å². The molecule has 0 aliphatic heterocycles. The average Bonchev–Trinajstić information content (AvgIpc) is 2.62. The summed E-state index contributed by atoms with van der Waals surface area (Å²) >= 11 is 0. The standard InChI is InChI=1S/C20H16F4N2O4/c1-25(2)10-11-3-5-12(6-4-11)17-16(19(28)29)18(27)14-9-13(21)7-8-15(14)26(17)30-20(22,23)24/h3-9H,10H2,1-2H3,(H,28,29). The Morgan fingerprint density at radius 2 is 1.77 bits per heavy atom. The number of aromatic nitrogens is 1. The summed E-state index contributed by atoms with van der Waals surface area (Å²) in [5, 5.41) is 9.03. The van der Waals surface area contributed by atoms with Gasteiger partial charge in [-0.3, -0.25) is 4.79 Å². The van der Waals surface area contributed by atoms with Gasteiger partial charge in [-0.15, -0.1) is 13.2 Å². The van der Waals surface area contributed by atoms with Gasteiger partial charge in [0, 0.05) is 12.1 Å². The monoisotopic (exact) mass is 424 g/mol. The zero-order valence-electron chi connectivity index (χ0n) is 15.8. The molecule has 0 atom stereocenters. The number of alkyl halides is 3. The van der Waals surface area contributed by atoms with Crippen molar-refractivity contribution in [2.75, 3.05) is 14.1 Å². The van der Waals surface area contributed by atoms with E-state index in [1.807, 2.05) is 19.0 Å². The highest BCUT2D eigenvalue weighted by Crippen LogP contribution is 2.29. The number of benzene rings is 2. The predicted octanol–water partition coefficient (Wildman–Crippen LogP) is 3.52. The van der Waals surface area contributed by atoms with Crippen LogP contribution in [0.2, 0.25) is 0 Å². The lowest BCUT2D eigenvalue weighted by atomic mass is 10.0. The maximum Gasteiger partial charge on any atom is 0.591 e. The quantitative estimate of drug-likeness (QED) is 0.635. The summed E-state index contributed by atoms with van der Waals surface area (Å²) in [6.45, 7) is 0.537. The van der Waals surface area contributed by atoms with Crippen molar-refractivity contribution < 1.29 is 32.3 Å². The van der Waals surface area contributed by atoms with E-state index >= 15 is 0 Å². The molecule has 1 heterocycles. The van der Waals surface area contributed by atoms with Gasteiger partial charge >= 0.3 is 12.3 Å². The fraction of sp³-hybridized carbons (Fsp3) is 0.200. The van der Waals surface area contributed by atoms with Gasteiger partial charge in [0.05, 0.1) is 10.9 Å². The Morgan fingerprint density at radius 1 is 1.13 bits per heavy atom. The largest absolute Gasteiger partial charge is 0.591 e. The smallest absolute Gasteiger partial charge is 0.477 e. The third-order valence-electron chi connectivity index (χ3n) is 4.22. The van der Waals surface area contributed by atoms with Gasteiger partial charge in [-0.1, -0.05) is 24.3 Å². The van der Waals surface area contributed by atoms with Crippen LogP contribution in [0.15, 0.2) is 47.3 Å². The zero-order chi connectivity index (χ0) is 22.2. The summed E-state index contributed by atoms with van der Waals surface area (Å²) in [7, 11) is 3.65. The van der Waals surface area contributed by atoms with E-state index in [0.717, 1.165) is 17.7 Å². The summed E-state index contributed by atoms with van der Waals surface area (Å²) in [6, 6.07) is 8.42. The van der Waals surface area contributed by atoms with Crippen molar-refractivity contribution >= 4 is 16.9 Å². The maximum atomic E-state index is 13.6. The Labute approximate surface area is 167 Å². The number of carboxylic acid groups (broad SMARTS) is 1. The highest BCUT2D eigenvalue weighted by atomic mass is 19.4. The van der Waals surface area contributed by atoms with Crippen molar-refractivity contribution in [3.8, 4) is 11.3 Å². The third-order valence-corrected chi connectivity index (χ3v) is 4.22. The van der Waals surface area contributed by atoms with Crippen LogP contribution in [0.3, 0.4) is 0 Å². The van der Waals surface area contributed by atoms with Crippen molar-refractivity contribution in [3.63, 3.8) is 0 Å². The van der Waals surface area contributed by atoms with Crippen LogP contribution in [-0.4, -0.2) is 41.2 Å². The number of nitrogens with zero attached hydrogens (tertiary/aromatic N) is 2. The Kier molecular flexibility index (Phi) is 5.53. The lowest BCUT2D eigenvalue weighted by Gasteiger charge is -2.20. The van der Waals surface area contributed by atoms with Gasteiger partial charge in [0.2, 0.25) is 5.43 Å². The van der Waals surface area contributed by atoms with Crippen LogP contribution in [-0.2, 0) is 6.54 Å². The van der Waals surface area contributed by atoms with Crippen LogP contribution in [0.25, 0.3) is 22.2 Å². The van der Waals surface area contributed by atoms with Crippen LogP contribution in [0.1, 0.15) is 15.9 Å². The minimum atomic E-state index is -5.20. The predicted molar refractivity (Wildman–Crippen MR) is 101 cm³/mol. The fourth-order valence-corrected chi connectivity index (χ4v) is 3.12. The van der Waals surface area contributed by atoms with Crippen molar-refractivity contribution in [2.45, 2.75) is 12.9 Å². The molecule has 10 heteroatoms. The van der Waals surface area contributed by atoms with Gasteiger partial charge in [-0.25, -0.2) is 9.18 Å². The first kappa shape index (κ1) is 21.3. The molecule has 0 saturated heterocycles. The molecule has 0 amide bonds. The minimum Gasteiger partial charge on any atom is -0.477 e. The number of fused-ring (bicyclic) bond motifs is 1. The van der Waals surface area contributed by atoms with E-state index in [1.165, 1.54) is 12.1 Å². The molecule has 0 aliphatic rings. The maximum absolute atomic E-state index is 13.6. The lowest BCUT2D eigenvalue weighted by Crippen LogP contribution is -2.32. The first-order valence-corrected chi connectivity index (χ1v) is 8.60. The first-order chi connectivity index (χ1) is 14.0. The van der Waals surface area contributed by atoms with E-state index in [2.05, 4.69) is 4.84 Å². The second-order valence-corrected chi connectivity index (χ2v) is 6.79. The summed E-state index contributed by atoms with van der Waals surface area (Å²) in [6.07, 6.45) is -5.20. The Hall–Kier alpha value is -3.40. The van der Waals surface area contributed by atoms with Crippen LogP contribution >= 0.6 is 0 Å². The topological polar surface area (TPSA) is 71.8 Å². The normalized spacial score (nSPS) is 11.8. The van der Waals surface area contributed by atoms with Gasteiger partial charge in [0.1, 0.15) is 17.1 Å². The van der Waals surface area contributed by atoms with Crippen molar-refractivity contribution in [2.24, 2.45) is 0 Å². The van der Waals surface area contributed by atoms with E-state index in [0.29, 0.717) is 12.6 Å². The molecule has 0 spiro atoms. The van der Waals surface area contributed by atoms with Crippen LogP contribution < -0.4 is 10.3 Å². The van der Waals surface area contributed by atoms with E-state index < -0.39 is 45.7 Å². The Balaban J connectivity index is 2.39. The first-order valence-electron chi connectivity index (χ1n) is 8.60. The molecule has 0 aliphatic carbocycles. The molecule has 1 N–H and O–H groups in total. The van der Waals surface area contributed by atoms with E-state index in [1.54, 1.807) is 12.1 Å². The molecule has 3 rings (SSSR count). The summed E-state index contributed by atoms with van der Waals surface area (Å²) in [4.78, 5) is 30.5. The molecular formula is C20H16F4N2O4. The summed E-state index contributed by atoms with van der Waals surface area (Å²) in [5.74, 6) is -2.67. The third kappa shape index (κ3) is 4.28. The number of aromatic carboxylic acids is 1. The molecular weight excluding hydrogens is 408 g/mol. The zero-order valence-corrected chi connectivity index (χ0v) is 15.8. The van der Waals surface area contributed by atoms with Gasteiger partial charge in [0.15, 0.2) is 0 Å². The van der Waals surface area contributed by atoms with E-state index in [4.69, 9.17) is 0 Å². The molecule has 6 nitrogen and oxygen atoms in total. The minimum absolute atomic E-state index is 0.0162. The van der Waals surface area contributed by atoms with E-state index in [9.17, 15) is 32.3 Å². The molecule has 0 fully saturated rings. The molecule has 0 saturated carbocycles. The summed E-state index contributed by atoms with van der Waals surface area (Å²) < 4.78 is 53.2. The fourth-order valence-electron chi connectivity index (χ4n) is 3.12. The second-order valence-electron chi connectivity index (χ2n) is 6.79. The lowest BCUT2D eigenvalue weighted by molar-refractivity contribution is -0.320. The molecule has 0 bridgehead atoms. The highest BCUT2D eigenvalue weighted by Gasteiger charge is 2.35. The van der Waals surface area contributed by atoms with Gasteiger partial charge in [-0.05, 0) is 37.9 Å². The van der Waals surface area contributed by atoms with Crippen LogP contribution in [0.4, 0.5) is 17.6 Å². The molecule has 3 aromatic rings. The number of carboxylic acids is 1. The number of pyridine rings is 1. The number of hydrogen-bond acceptors (Lipinski definition) is 4. The number of carbonyl (C=O) groups is 1. The number of halogens is 4. The van der Waals surface area contributed by atoms with Crippen molar-refractivity contribution in [1.29, 1.82) is 0 Å². The second kappa shape index (κ2) is 7.79. The van der Waals surface area contributed by atoms with Gasteiger partial charge in [-0.2, -0.15) is 4.73 Å². The Bertz CT molecular complexity index is 1170. The molecule has 1 aromatic heterocycles. The SMILES string of the molecule is CN(C)Cc1ccc(-c2c(C(=O)O)c(=O)c3cc(F)ccc3n2OC(F)(F)F)cc1. The van der Waals surface area contributed by atoms with Crippen LogP contribution in [0.5, 0.6) is 0 Å². The summed E-state index contributed by atoms with van der Waals surface area (Å²) in [5.41, 5.74) is -2.27. The highest BCUT2D eigenvalue weighted by molar-refractivity contribution is 5.99. The molecule has 30 heavy (non-hydrogen) atoms. The van der Waals surface area contributed by atoms with Gasteiger partial charge in [0.25, 0.3) is 0 Å². The number of rotatable bonds is 5. The van der Waals surface area contributed by atoms with E-state index in [-0.39, 0.29) is 10.3 Å². The molecule has 2 aromatic carbocycles. The van der Waals surface area contributed by atoms with Crippen molar-refractivity contribution in [1.82, 2.24) is 9.63 Å². The average molecular weight is 424 g/mol. The Morgan fingerprint density at radius 3 is 2.30 bits per heavy atom. The molecule has 158 valence electrons. The molecule has 0 unspecified atom stereocenters. The van der Waals surface area contributed by atoms with Gasteiger partial charge < -0.3 is 14.8 Å².